The Morgan fingerprint density at radius 3 is 2.55 bits per heavy atom. The van der Waals surface area contributed by atoms with E-state index in [4.69, 9.17) is 15.2 Å². The molecule has 7 heteroatoms. The molecule has 0 atom stereocenters. The number of hydrogen-bond acceptors (Lipinski definition) is 5. The molecule has 4 N–H and O–H groups in total. The van der Waals surface area contributed by atoms with E-state index in [9.17, 15) is 9.90 Å². The highest BCUT2D eigenvalue weighted by Gasteiger charge is 2.20. The van der Waals surface area contributed by atoms with Gasteiger partial charge in [-0.2, -0.15) is 0 Å². The number of pyridine rings is 1. The van der Waals surface area contributed by atoms with Crippen LogP contribution in [0.4, 0.5) is 0 Å². The first-order chi connectivity index (χ1) is 18.6. The molecule has 38 heavy (non-hydrogen) atoms. The number of aromatic amines is 1. The van der Waals surface area contributed by atoms with E-state index in [-0.39, 0.29) is 5.69 Å². The summed E-state index contributed by atoms with van der Waals surface area (Å²) >= 11 is 0. The third-order valence-corrected chi connectivity index (χ3v) is 6.70. The Morgan fingerprint density at radius 1 is 0.947 bits per heavy atom. The number of rotatable bonds is 11. The Kier molecular flexibility index (Phi) is 7.56. The maximum atomic E-state index is 12.2. The van der Waals surface area contributed by atoms with Crippen molar-refractivity contribution in [3.05, 3.63) is 89.7 Å². The Morgan fingerprint density at radius 2 is 1.71 bits per heavy atom. The lowest BCUT2D eigenvalue weighted by molar-refractivity contribution is 0.0690. The maximum absolute atomic E-state index is 12.2. The Labute approximate surface area is 221 Å². The molecule has 3 aromatic carbocycles. The van der Waals surface area contributed by atoms with E-state index >= 15 is 0 Å². The van der Waals surface area contributed by atoms with Crippen molar-refractivity contribution < 1.29 is 19.4 Å². The second-order valence-electron chi connectivity index (χ2n) is 9.27. The minimum Gasteiger partial charge on any atom is -0.493 e. The van der Waals surface area contributed by atoms with Gasteiger partial charge in [-0.15, -0.1) is 0 Å². The van der Waals surface area contributed by atoms with E-state index < -0.39 is 5.97 Å². The van der Waals surface area contributed by atoms with Crippen LogP contribution in [0.1, 0.15) is 34.5 Å². The normalized spacial score (nSPS) is 11.2. The lowest BCUT2D eigenvalue weighted by Crippen LogP contribution is -2.07. The highest BCUT2D eigenvalue weighted by molar-refractivity contribution is 6.03. The van der Waals surface area contributed by atoms with Gasteiger partial charge in [0.2, 0.25) is 5.88 Å². The van der Waals surface area contributed by atoms with Crippen LogP contribution in [0.15, 0.2) is 72.9 Å². The number of nitrogens with zero attached hydrogens (tertiary/aromatic N) is 1. The summed E-state index contributed by atoms with van der Waals surface area (Å²) in [5, 5.41) is 13.1. The molecule has 0 aliphatic rings. The van der Waals surface area contributed by atoms with Gasteiger partial charge in [-0.3, -0.25) is 0 Å². The number of nitrogens with one attached hydrogen (secondary N) is 1. The van der Waals surface area contributed by atoms with E-state index in [1.54, 1.807) is 6.20 Å². The Bertz CT molecular complexity index is 1590. The van der Waals surface area contributed by atoms with Crippen LogP contribution < -0.4 is 15.2 Å². The van der Waals surface area contributed by atoms with Crippen molar-refractivity contribution in [1.82, 2.24) is 9.97 Å². The summed E-state index contributed by atoms with van der Waals surface area (Å²) in [7, 11) is 0. The number of nitrogens with two attached hydrogens (primary N) is 1. The molecule has 7 nitrogen and oxygen atoms in total. The average molecular weight is 510 g/mol. The average Bonchev–Trinajstić information content (AvgIpc) is 3.31. The van der Waals surface area contributed by atoms with Gasteiger partial charge in [0.15, 0.2) is 0 Å². The fourth-order valence-corrected chi connectivity index (χ4v) is 4.83. The molecule has 0 saturated carbocycles. The highest BCUT2D eigenvalue weighted by Crippen LogP contribution is 2.35. The van der Waals surface area contributed by atoms with Gasteiger partial charge < -0.3 is 25.3 Å². The first-order valence-electron chi connectivity index (χ1n) is 12.8. The summed E-state index contributed by atoms with van der Waals surface area (Å²) in [6.07, 6.45) is 3.76. The molecule has 0 spiro atoms. The monoisotopic (exact) mass is 509 g/mol. The number of aryl methyl sites for hydroxylation is 2. The van der Waals surface area contributed by atoms with Gasteiger partial charge in [-0.1, -0.05) is 54.6 Å². The molecule has 2 heterocycles. The zero-order valence-electron chi connectivity index (χ0n) is 21.4. The number of ether oxygens (including phenoxy) is 2. The fraction of sp³-hybridized carbons (Fsp3) is 0.226. The van der Waals surface area contributed by atoms with E-state index in [0.29, 0.717) is 38.5 Å². The van der Waals surface area contributed by atoms with E-state index in [0.717, 1.165) is 56.1 Å². The number of hydrogen-bond donors (Lipinski definition) is 3. The topological polar surface area (TPSA) is 110 Å². The third kappa shape index (κ3) is 5.19. The van der Waals surface area contributed by atoms with E-state index in [2.05, 4.69) is 22.1 Å². The predicted molar refractivity (Wildman–Crippen MR) is 150 cm³/mol. The van der Waals surface area contributed by atoms with Crippen LogP contribution in [0.2, 0.25) is 0 Å². The molecule has 194 valence electrons. The molecule has 5 aromatic rings. The van der Waals surface area contributed by atoms with E-state index in [1.165, 1.54) is 0 Å². The molecule has 0 amide bonds. The largest absolute Gasteiger partial charge is 0.493 e. The van der Waals surface area contributed by atoms with Crippen LogP contribution in [0.25, 0.3) is 32.8 Å². The van der Waals surface area contributed by atoms with Gasteiger partial charge in [-0.05, 0) is 60.9 Å². The molecular weight excluding hydrogens is 478 g/mol. The van der Waals surface area contributed by atoms with Gasteiger partial charge >= 0.3 is 5.97 Å². The van der Waals surface area contributed by atoms with Crippen LogP contribution in [-0.4, -0.2) is 40.8 Å². The van der Waals surface area contributed by atoms with Crippen molar-refractivity contribution in [3.8, 4) is 22.8 Å². The zero-order valence-corrected chi connectivity index (χ0v) is 21.4. The van der Waals surface area contributed by atoms with Gasteiger partial charge in [0, 0.05) is 28.6 Å². The predicted octanol–water partition coefficient (Wildman–Crippen LogP) is 6.13. The fourth-order valence-electron chi connectivity index (χ4n) is 4.83. The maximum Gasteiger partial charge on any atom is 0.352 e. The lowest BCUT2D eigenvalue weighted by atomic mass is 9.98. The second kappa shape index (κ2) is 11.4. The number of fused-ring (bicyclic) bond motifs is 2. The molecule has 0 bridgehead atoms. The quantitative estimate of drug-likeness (QED) is 0.185. The second-order valence-corrected chi connectivity index (χ2v) is 9.27. The Balaban J connectivity index is 1.41. The number of H-pyrrole nitrogens is 1. The molecule has 0 aliphatic heterocycles. The number of benzene rings is 3. The summed E-state index contributed by atoms with van der Waals surface area (Å²) < 4.78 is 11.9. The summed E-state index contributed by atoms with van der Waals surface area (Å²) in [6, 6.07) is 21.9. The molecule has 0 aliphatic carbocycles. The lowest BCUT2D eigenvalue weighted by Gasteiger charge is -2.11. The van der Waals surface area contributed by atoms with Crippen LogP contribution >= 0.6 is 0 Å². The molecule has 0 radical (unpaired) electrons. The van der Waals surface area contributed by atoms with Crippen molar-refractivity contribution >= 4 is 27.6 Å². The summed E-state index contributed by atoms with van der Waals surface area (Å²) in [5.74, 6) is 0.377. The summed E-state index contributed by atoms with van der Waals surface area (Å²) in [5.41, 5.74) is 10.2. The number of aromatic carboxylic acids is 1. The summed E-state index contributed by atoms with van der Waals surface area (Å²) in [4.78, 5) is 19.8. The molecule has 5 rings (SSSR count). The first kappa shape index (κ1) is 25.3. The van der Waals surface area contributed by atoms with Crippen molar-refractivity contribution in [1.29, 1.82) is 0 Å². The number of carboxylic acids is 1. The van der Waals surface area contributed by atoms with E-state index in [1.807, 2.05) is 61.5 Å². The van der Waals surface area contributed by atoms with Crippen LogP contribution in [0.5, 0.6) is 11.6 Å². The number of carbonyl (C=O) groups is 1. The van der Waals surface area contributed by atoms with Gasteiger partial charge in [0.1, 0.15) is 11.4 Å². The third-order valence-electron chi connectivity index (χ3n) is 6.70. The van der Waals surface area contributed by atoms with Crippen LogP contribution in [-0.2, 0) is 6.42 Å². The van der Waals surface area contributed by atoms with Crippen molar-refractivity contribution in [2.75, 3.05) is 19.8 Å². The SMILES string of the molecule is Cc1cnc(OCCCN)cc1-c1cccc2c(CCCOc3cccc4ccccc34)c(C(=O)O)[nH]c12. The number of para-hydroxylation sites is 1. The van der Waals surface area contributed by atoms with Gasteiger partial charge in [-0.25, -0.2) is 9.78 Å². The van der Waals surface area contributed by atoms with Crippen molar-refractivity contribution in [3.63, 3.8) is 0 Å². The van der Waals surface area contributed by atoms with Gasteiger partial charge in [0.25, 0.3) is 0 Å². The number of aromatic nitrogens is 2. The zero-order chi connectivity index (χ0) is 26.5. The van der Waals surface area contributed by atoms with Crippen molar-refractivity contribution in [2.45, 2.75) is 26.2 Å². The molecule has 2 aromatic heterocycles. The van der Waals surface area contributed by atoms with Gasteiger partial charge in [0.05, 0.1) is 18.7 Å². The standard InChI is InChI=1S/C31H31N3O4/c1-20-19-33-28(38-17-7-15-32)18-26(20)25-12-5-11-23-24(30(31(35)36)34-29(23)25)13-6-16-37-27-14-4-9-21-8-2-3-10-22(21)27/h2-5,8-12,14,18-19,34H,6-7,13,15-17,32H2,1H3,(H,35,36). The smallest absolute Gasteiger partial charge is 0.352 e. The molecular formula is C31H31N3O4. The number of carboxylic acid groups (broad SMARTS) is 1. The molecule has 0 saturated heterocycles. The Hall–Kier alpha value is -4.36. The summed E-state index contributed by atoms with van der Waals surface area (Å²) in [6.45, 7) is 3.50. The van der Waals surface area contributed by atoms with Crippen LogP contribution in [0, 0.1) is 6.92 Å². The molecule has 0 unspecified atom stereocenters. The minimum absolute atomic E-state index is 0.212. The van der Waals surface area contributed by atoms with Crippen LogP contribution in [0.3, 0.4) is 0 Å². The highest BCUT2D eigenvalue weighted by atomic mass is 16.5. The van der Waals surface area contributed by atoms with Crippen molar-refractivity contribution in [2.24, 2.45) is 5.73 Å². The first-order valence-corrected chi connectivity index (χ1v) is 12.8. The minimum atomic E-state index is -0.977. The molecule has 0 fully saturated rings.